The average Bonchev–Trinajstić information content (AvgIpc) is 2.63. The van der Waals surface area contributed by atoms with Crippen molar-refractivity contribution in [3.05, 3.63) is 29.8 Å². The second-order valence-electron chi connectivity index (χ2n) is 6.90. The van der Waals surface area contributed by atoms with Gasteiger partial charge in [0.1, 0.15) is 0 Å². The molecule has 0 fully saturated rings. The quantitative estimate of drug-likeness (QED) is 0.270. The largest absolute Gasteiger partial charge is 0.356 e. The summed E-state index contributed by atoms with van der Waals surface area (Å²) in [7, 11) is 1.69. The molecular formula is C21H33N5O. The molecule has 0 aliphatic heterocycles. The summed E-state index contributed by atoms with van der Waals surface area (Å²) < 4.78 is 0. The van der Waals surface area contributed by atoms with Crippen LogP contribution in [0.15, 0.2) is 29.3 Å². The highest BCUT2D eigenvalue weighted by molar-refractivity contribution is 5.95. The van der Waals surface area contributed by atoms with Crippen molar-refractivity contribution in [2.75, 3.05) is 32.0 Å². The van der Waals surface area contributed by atoms with Crippen molar-refractivity contribution in [2.45, 2.75) is 46.2 Å². The molecule has 0 bridgehead atoms. The molecule has 0 unspecified atom stereocenters. The summed E-state index contributed by atoms with van der Waals surface area (Å²) in [5.41, 5.74) is 1.41. The van der Waals surface area contributed by atoms with E-state index in [9.17, 15) is 4.79 Å². The van der Waals surface area contributed by atoms with E-state index < -0.39 is 0 Å². The van der Waals surface area contributed by atoms with Crippen molar-refractivity contribution in [1.29, 1.82) is 0 Å². The number of hydrogen-bond acceptors (Lipinski definition) is 3. The number of anilines is 1. The second-order valence-corrected chi connectivity index (χ2v) is 6.90. The third-order valence-corrected chi connectivity index (χ3v) is 4.17. The molecular weight excluding hydrogens is 338 g/mol. The van der Waals surface area contributed by atoms with Gasteiger partial charge in [0, 0.05) is 43.5 Å². The fourth-order valence-electron chi connectivity index (χ4n) is 2.86. The minimum atomic E-state index is -0.155. The Kier molecular flexibility index (Phi) is 9.99. The Hall–Kier alpha value is -2.52. The van der Waals surface area contributed by atoms with Crippen LogP contribution in [0, 0.1) is 12.3 Å². The number of aliphatic imine (C=N–C) groups is 1. The SMILES string of the molecule is C#Cc1cccc(NC(=O)CNC(=NC)NCCCN(C(C)C)C(C)C)c1. The molecule has 0 saturated carbocycles. The number of nitrogens with zero attached hydrogens (tertiary/aromatic N) is 2. The summed E-state index contributed by atoms with van der Waals surface area (Å²) in [4.78, 5) is 18.7. The van der Waals surface area contributed by atoms with Crippen LogP contribution in [0.4, 0.5) is 5.69 Å². The number of terminal acetylenes is 1. The summed E-state index contributed by atoms with van der Waals surface area (Å²) in [6.45, 7) is 10.8. The van der Waals surface area contributed by atoms with Crippen LogP contribution < -0.4 is 16.0 Å². The van der Waals surface area contributed by atoms with Crippen molar-refractivity contribution in [3.63, 3.8) is 0 Å². The molecule has 0 heterocycles. The van der Waals surface area contributed by atoms with Gasteiger partial charge >= 0.3 is 0 Å². The van der Waals surface area contributed by atoms with E-state index in [2.05, 4.69) is 59.5 Å². The molecule has 0 aromatic heterocycles. The zero-order valence-corrected chi connectivity index (χ0v) is 17.2. The van der Waals surface area contributed by atoms with Gasteiger partial charge in [0.05, 0.1) is 6.54 Å². The maximum atomic E-state index is 12.1. The van der Waals surface area contributed by atoms with Gasteiger partial charge in [0.2, 0.25) is 5.91 Å². The van der Waals surface area contributed by atoms with Gasteiger partial charge in [-0.15, -0.1) is 6.42 Å². The molecule has 1 aromatic rings. The fraction of sp³-hybridized carbons (Fsp3) is 0.524. The molecule has 0 spiro atoms. The first-order valence-corrected chi connectivity index (χ1v) is 9.44. The Morgan fingerprint density at radius 2 is 1.93 bits per heavy atom. The first-order chi connectivity index (χ1) is 12.9. The van der Waals surface area contributed by atoms with Crippen LogP contribution in [0.5, 0.6) is 0 Å². The van der Waals surface area contributed by atoms with Crippen LogP contribution in [0.25, 0.3) is 0 Å². The summed E-state index contributed by atoms with van der Waals surface area (Å²) in [5, 5.41) is 9.09. The highest BCUT2D eigenvalue weighted by Gasteiger charge is 2.12. The predicted octanol–water partition coefficient (Wildman–Crippen LogP) is 2.28. The lowest BCUT2D eigenvalue weighted by Crippen LogP contribution is -2.43. The van der Waals surface area contributed by atoms with E-state index in [4.69, 9.17) is 6.42 Å². The summed E-state index contributed by atoms with van der Waals surface area (Å²) in [6, 6.07) is 8.26. The zero-order chi connectivity index (χ0) is 20.2. The normalized spacial score (nSPS) is 11.6. The van der Waals surface area contributed by atoms with Gasteiger partial charge in [0.25, 0.3) is 0 Å². The first kappa shape index (κ1) is 22.5. The monoisotopic (exact) mass is 371 g/mol. The highest BCUT2D eigenvalue weighted by Crippen LogP contribution is 2.09. The third-order valence-electron chi connectivity index (χ3n) is 4.17. The molecule has 1 rings (SSSR count). The number of guanidine groups is 1. The topological polar surface area (TPSA) is 68.8 Å². The standard InChI is InChI=1S/C21H33N5O/c1-7-18-10-8-11-19(14-18)25-20(27)15-24-21(22-6)23-12-9-13-26(16(2)3)17(4)5/h1,8,10-11,14,16-17H,9,12-13,15H2,2-6H3,(H,25,27)(H2,22,23,24). The van der Waals surface area contributed by atoms with Gasteiger partial charge in [-0.1, -0.05) is 12.0 Å². The van der Waals surface area contributed by atoms with Crippen LogP contribution in [0.1, 0.15) is 39.7 Å². The van der Waals surface area contributed by atoms with Crippen LogP contribution in [-0.4, -0.2) is 55.5 Å². The first-order valence-electron chi connectivity index (χ1n) is 9.44. The van der Waals surface area contributed by atoms with Gasteiger partial charge in [-0.2, -0.15) is 0 Å². The fourth-order valence-corrected chi connectivity index (χ4v) is 2.86. The van der Waals surface area contributed by atoms with E-state index in [1.165, 1.54) is 0 Å². The van der Waals surface area contributed by atoms with Gasteiger partial charge in [-0.05, 0) is 52.3 Å². The molecule has 0 aliphatic rings. The lowest BCUT2D eigenvalue weighted by Gasteiger charge is -2.30. The summed E-state index contributed by atoms with van der Waals surface area (Å²) in [5.74, 6) is 3.01. The molecule has 0 aliphatic carbocycles. The number of amides is 1. The second kappa shape index (κ2) is 12.0. The smallest absolute Gasteiger partial charge is 0.243 e. The Balaban J connectivity index is 2.35. The van der Waals surface area contributed by atoms with Gasteiger partial charge in [-0.3, -0.25) is 14.7 Å². The molecule has 6 heteroatoms. The van der Waals surface area contributed by atoms with E-state index in [0.29, 0.717) is 23.7 Å². The molecule has 1 amide bonds. The van der Waals surface area contributed by atoms with E-state index in [1.807, 2.05) is 12.1 Å². The maximum Gasteiger partial charge on any atom is 0.243 e. The maximum absolute atomic E-state index is 12.1. The van der Waals surface area contributed by atoms with E-state index in [-0.39, 0.29) is 12.5 Å². The molecule has 0 radical (unpaired) electrons. The van der Waals surface area contributed by atoms with Crippen LogP contribution >= 0.6 is 0 Å². The number of benzene rings is 1. The molecule has 0 saturated heterocycles. The lowest BCUT2D eigenvalue weighted by molar-refractivity contribution is -0.115. The van der Waals surface area contributed by atoms with E-state index in [1.54, 1.807) is 19.2 Å². The number of carbonyl (C=O) groups is 1. The Morgan fingerprint density at radius 3 is 2.52 bits per heavy atom. The number of hydrogen-bond donors (Lipinski definition) is 3. The third kappa shape index (κ3) is 8.61. The van der Waals surface area contributed by atoms with Gasteiger partial charge < -0.3 is 16.0 Å². The summed E-state index contributed by atoms with van der Waals surface area (Å²) in [6.07, 6.45) is 6.38. The molecule has 148 valence electrons. The average molecular weight is 372 g/mol. The molecule has 3 N–H and O–H groups in total. The highest BCUT2D eigenvalue weighted by atomic mass is 16.1. The van der Waals surface area contributed by atoms with Crippen LogP contribution in [0.3, 0.4) is 0 Å². The van der Waals surface area contributed by atoms with Gasteiger partial charge in [0.15, 0.2) is 5.96 Å². The molecule has 0 atom stereocenters. The van der Waals surface area contributed by atoms with E-state index >= 15 is 0 Å². The van der Waals surface area contributed by atoms with Crippen molar-refractivity contribution >= 4 is 17.6 Å². The number of carbonyl (C=O) groups excluding carboxylic acids is 1. The summed E-state index contributed by atoms with van der Waals surface area (Å²) >= 11 is 0. The number of rotatable bonds is 9. The van der Waals surface area contributed by atoms with Crippen molar-refractivity contribution in [2.24, 2.45) is 4.99 Å². The molecule has 6 nitrogen and oxygen atoms in total. The minimum absolute atomic E-state index is 0.129. The minimum Gasteiger partial charge on any atom is -0.356 e. The van der Waals surface area contributed by atoms with Crippen molar-refractivity contribution < 1.29 is 4.79 Å². The Bertz CT molecular complexity index is 653. The Morgan fingerprint density at radius 1 is 1.22 bits per heavy atom. The number of nitrogens with one attached hydrogen (secondary N) is 3. The van der Waals surface area contributed by atoms with Crippen LogP contribution in [0.2, 0.25) is 0 Å². The zero-order valence-electron chi connectivity index (χ0n) is 17.2. The van der Waals surface area contributed by atoms with Crippen molar-refractivity contribution in [1.82, 2.24) is 15.5 Å². The lowest BCUT2D eigenvalue weighted by atomic mass is 10.2. The Labute approximate surface area is 163 Å². The van der Waals surface area contributed by atoms with Gasteiger partial charge in [-0.25, -0.2) is 0 Å². The van der Waals surface area contributed by atoms with Crippen LogP contribution in [-0.2, 0) is 4.79 Å². The van der Waals surface area contributed by atoms with E-state index in [0.717, 1.165) is 25.1 Å². The van der Waals surface area contributed by atoms with Crippen molar-refractivity contribution in [3.8, 4) is 12.3 Å². The molecule has 27 heavy (non-hydrogen) atoms. The molecule has 1 aromatic carbocycles. The predicted molar refractivity (Wildman–Crippen MR) is 114 cm³/mol.